The molecule has 24 heteroatoms. The van der Waals surface area contributed by atoms with E-state index in [1.54, 1.807) is 0 Å². The van der Waals surface area contributed by atoms with Crippen molar-refractivity contribution in [1.82, 2.24) is 25.5 Å². The van der Waals surface area contributed by atoms with E-state index < -0.39 is 99.0 Å². The predicted octanol–water partition coefficient (Wildman–Crippen LogP) is -3.04. The summed E-state index contributed by atoms with van der Waals surface area (Å²) < 4.78 is 4.90. The van der Waals surface area contributed by atoms with Crippen LogP contribution in [0.15, 0.2) is 53.5 Å². The average Bonchev–Trinajstić information content (AvgIpc) is 3.33. The van der Waals surface area contributed by atoms with Gasteiger partial charge < -0.3 is 78.3 Å². The topological polar surface area (TPSA) is 406 Å². The fourth-order valence-electron chi connectivity index (χ4n) is 6.92. The molecule has 0 unspecified atom stereocenters. The molecular weight excluding hydrogens is 914 g/mol. The van der Waals surface area contributed by atoms with Gasteiger partial charge in [0.15, 0.2) is 28.4 Å². The van der Waals surface area contributed by atoms with Crippen LogP contribution in [0.5, 0.6) is 0 Å². The molecule has 3 aromatic rings. The second kappa shape index (κ2) is 29.0. The number of carbonyl (C=O) groups is 3. The summed E-state index contributed by atoms with van der Waals surface area (Å²) in [5, 5.41) is 105. The van der Waals surface area contributed by atoms with E-state index in [9.17, 15) is 55.2 Å². The molecule has 378 valence electrons. The van der Waals surface area contributed by atoms with Crippen LogP contribution in [-0.4, -0.2) is 191 Å². The van der Waals surface area contributed by atoms with Crippen LogP contribution in [0.4, 0.5) is 11.6 Å². The summed E-state index contributed by atoms with van der Waals surface area (Å²) in [6, 6.07) is 14.8. The summed E-state index contributed by atoms with van der Waals surface area (Å²) in [5.74, 6) is -2.19. The summed E-state index contributed by atoms with van der Waals surface area (Å²) in [4.78, 5) is 51.2. The van der Waals surface area contributed by atoms with Gasteiger partial charge in [-0.25, -0.2) is 14.8 Å². The number of nitrogens with one attached hydrogen (secondary N) is 2. The normalized spacial score (nSPS) is 15.9. The van der Waals surface area contributed by atoms with Crippen LogP contribution in [0, 0.1) is 0 Å². The van der Waals surface area contributed by atoms with Crippen molar-refractivity contribution >= 4 is 47.0 Å². The molecule has 0 aliphatic carbocycles. The highest BCUT2D eigenvalue weighted by Gasteiger charge is 2.34. The zero-order chi connectivity index (χ0) is 50.5. The number of hydrogen-bond acceptors (Lipinski definition) is 20. The van der Waals surface area contributed by atoms with Crippen LogP contribution in [0.3, 0.4) is 0 Å². The molecule has 0 radical (unpaired) electrons. The molecule has 9 atom stereocenters. The molecule has 3 rings (SSSR count). The Morgan fingerprint density at radius 2 is 1.24 bits per heavy atom. The molecule has 0 saturated carbocycles. The molecule has 2 amide bonds. The van der Waals surface area contributed by atoms with E-state index in [4.69, 9.17) is 43.8 Å². The Morgan fingerprint density at radius 1 is 0.721 bits per heavy atom. The number of guanidine groups is 1. The van der Waals surface area contributed by atoms with Gasteiger partial charge in [-0.05, 0) is 73.7 Å². The second-order valence-electron chi connectivity index (χ2n) is 16.2. The van der Waals surface area contributed by atoms with Gasteiger partial charge in [-0.2, -0.15) is 0 Å². The summed E-state index contributed by atoms with van der Waals surface area (Å²) in [7, 11) is 1.18. The van der Waals surface area contributed by atoms with Gasteiger partial charge in [-0.3, -0.25) is 24.8 Å². The number of benzene rings is 2. The first-order valence-corrected chi connectivity index (χ1v) is 22.3. The minimum atomic E-state index is -1.94. The fraction of sp³-hybridized carbons (Fsp3) is 0.545. The number of halogens is 1. The van der Waals surface area contributed by atoms with E-state index in [-0.39, 0.29) is 54.2 Å². The third-order valence-electron chi connectivity index (χ3n) is 11.0. The number of unbranched alkanes of at least 4 members (excludes halogenated alkanes) is 2. The standard InChI is InChI=1S/C44H66ClN9O14/c1-68-43(67)28(7-3-5-19-54(20-29(57)35(62)37(64)31(59)22-55)21-30(58)36(63)38(65)32(60)23-56)50-33(61)17-12-25-10-15-27(16-11-25)26-13-8-24(9-14-26)6-2-4-18-49-44(48)53-42(66)34-40(46)52-41(47)39(45)51-34/h8-11,13-16,28-32,35-38,55-60,62-65H,2-7,12,17-23H2,1H3,(H,50,61)(H4,46,47,52)(H3,48,49,53,66)/t28-,29+,30+,31-,32-,35-,36-,37-,38-/m1/s1. The Morgan fingerprint density at radius 3 is 1.75 bits per heavy atom. The molecule has 68 heavy (non-hydrogen) atoms. The van der Waals surface area contributed by atoms with E-state index in [0.717, 1.165) is 35.1 Å². The van der Waals surface area contributed by atoms with E-state index in [1.807, 2.05) is 48.5 Å². The molecule has 0 fully saturated rings. The maximum atomic E-state index is 13.0. The number of aliphatic hydroxyl groups excluding tert-OH is 10. The van der Waals surface area contributed by atoms with Gasteiger partial charge in [0, 0.05) is 26.1 Å². The number of rotatable bonds is 29. The number of aryl methyl sites for hydroxylation is 2. The second-order valence-corrected chi connectivity index (χ2v) is 16.6. The number of ether oxygens (including phenoxy) is 1. The zero-order valence-electron chi connectivity index (χ0n) is 37.7. The monoisotopic (exact) mass is 979 g/mol. The maximum Gasteiger partial charge on any atom is 0.328 e. The summed E-state index contributed by atoms with van der Waals surface area (Å²) in [6.45, 7) is -2.27. The molecule has 0 spiro atoms. The van der Waals surface area contributed by atoms with Crippen LogP contribution in [0.2, 0.25) is 5.15 Å². The lowest BCUT2D eigenvalue weighted by molar-refractivity contribution is -0.145. The maximum absolute atomic E-state index is 13.0. The summed E-state index contributed by atoms with van der Waals surface area (Å²) in [6.07, 6.45) is -11.3. The SMILES string of the molecule is COC(=O)[C@@H](CCCCN(C[C@H](O)[C@@H](O)[C@H](O)[C@H](O)CO)C[C@H](O)[C@@H](O)[C@H](O)[C@H](O)CO)NC(=O)CCc1ccc(-c2ccc(CCCCN=C(N)NC(=O)c3nc(Cl)c(N)nc3N)cc2)cc1. The van der Waals surface area contributed by atoms with Gasteiger partial charge in [0.05, 0.1) is 32.5 Å². The quantitative estimate of drug-likeness (QED) is 0.0142. The van der Waals surface area contributed by atoms with Crippen LogP contribution >= 0.6 is 11.6 Å². The van der Waals surface area contributed by atoms with Crippen molar-refractivity contribution in [2.24, 2.45) is 10.7 Å². The number of aliphatic hydroxyl groups is 10. The number of anilines is 2. The highest BCUT2D eigenvalue weighted by Crippen LogP contribution is 2.22. The first-order chi connectivity index (χ1) is 32.3. The zero-order valence-corrected chi connectivity index (χ0v) is 38.5. The molecule has 0 bridgehead atoms. The van der Waals surface area contributed by atoms with Gasteiger partial charge >= 0.3 is 5.97 Å². The largest absolute Gasteiger partial charge is 0.467 e. The van der Waals surface area contributed by atoms with Gasteiger partial charge in [-0.15, -0.1) is 0 Å². The molecule has 1 aromatic heterocycles. The minimum absolute atomic E-state index is 0.0444. The van der Waals surface area contributed by atoms with Crippen molar-refractivity contribution in [2.45, 2.75) is 106 Å². The van der Waals surface area contributed by atoms with Crippen LogP contribution < -0.4 is 27.8 Å². The van der Waals surface area contributed by atoms with Crippen molar-refractivity contribution in [2.75, 3.05) is 58.0 Å². The number of hydrogen-bond donors (Lipinski definition) is 15. The van der Waals surface area contributed by atoms with Crippen molar-refractivity contribution < 1.29 is 70.2 Å². The van der Waals surface area contributed by atoms with Crippen LogP contribution in [-0.2, 0) is 27.2 Å². The number of aliphatic imine (C=N–C) groups is 1. The highest BCUT2D eigenvalue weighted by atomic mass is 35.5. The minimum Gasteiger partial charge on any atom is -0.467 e. The van der Waals surface area contributed by atoms with E-state index in [1.165, 1.54) is 12.0 Å². The number of esters is 1. The average molecular weight is 981 g/mol. The van der Waals surface area contributed by atoms with Crippen LogP contribution in [0.25, 0.3) is 11.1 Å². The molecule has 1 heterocycles. The van der Waals surface area contributed by atoms with Gasteiger partial charge in [-0.1, -0.05) is 60.1 Å². The third-order valence-corrected chi connectivity index (χ3v) is 11.3. The van der Waals surface area contributed by atoms with Crippen molar-refractivity contribution in [3.8, 4) is 11.1 Å². The third kappa shape index (κ3) is 18.4. The summed E-state index contributed by atoms with van der Waals surface area (Å²) in [5.41, 5.74) is 20.9. The summed E-state index contributed by atoms with van der Waals surface area (Å²) >= 11 is 5.83. The molecule has 23 nitrogen and oxygen atoms in total. The van der Waals surface area contributed by atoms with Gasteiger partial charge in [0.2, 0.25) is 5.91 Å². The van der Waals surface area contributed by atoms with E-state index in [0.29, 0.717) is 25.8 Å². The Kier molecular flexibility index (Phi) is 24.4. The highest BCUT2D eigenvalue weighted by molar-refractivity contribution is 6.31. The first kappa shape index (κ1) is 57.2. The number of carbonyl (C=O) groups excluding carboxylic acids is 3. The Labute approximate surface area is 398 Å². The van der Waals surface area contributed by atoms with Gasteiger partial charge in [0.25, 0.3) is 5.91 Å². The lowest BCUT2D eigenvalue weighted by Gasteiger charge is -2.33. The Hall–Kier alpha value is -5.15. The van der Waals surface area contributed by atoms with Crippen LogP contribution in [0.1, 0.15) is 60.1 Å². The van der Waals surface area contributed by atoms with E-state index >= 15 is 0 Å². The molecule has 0 saturated heterocycles. The fourth-order valence-corrected chi connectivity index (χ4v) is 7.05. The lowest BCUT2D eigenvalue weighted by Crippen LogP contribution is -2.53. The number of aromatic nitrogens is 2. The van der Waals surface area contributed by atoms with Gasteiger partial charge in [0.1, 0.15) is 42.7 Å². The molecule has 0 aliphatic rings. The molecule has 0 aliphatic heterocycles. The number of amides is 2. The molecule has 2 aromatic carbocycles. The predicted molar refractivity (Wildman–Crippen MR) is 249 cm³/mol. The Bertz CT molecular complexity index is 2030. The first-order valence-electron chi connectivity index (χ1n) is 21.9. The molecular formula is C44H66ClN9O14. The van der Waals surface area contributed by atoms with Crippen molar-refractivity contribution in [3.05, 3.63) is 70.5 Å². The number of nitrogen functional groups attached to an aromatic ring is 2. The smallest absolute Gasteiger partial charge is 0.328 e. The van der Waals surface area contributed by atoms with Crippen molar-refractivity contribution in [1.29, 1.82) is 0 Å². The lowest BCUT2D eigenvalue weighted by atomic mass is 9.99. The number of methoxy groups -OCH3 is 1. The Balaban J connectivity index is 1.47. The number of nitrogens with two attached hydrogens (primary N) is 3. The van der Waals surface area contributed by atoms with Crippen molar-refractivity contribution in [3.63, 3.8) is 0 Å². The van der Waals surface area contributed by atoms with E-state index in [2.05, 4.69) is 25.6 Å². The molecule has 18 N–H and O–H groups in total. The number of nitrogens with zero attached hydrogens (tertiary/aromatic N) is 4.